The second kappa shape index (κ2) is 8.52. The molecule has 2 aromatic carbocycles. The van der Waals surface area contributed by atoms with Crippen LogP contribution in [0.4, 0.5) is 11.4 Å². The maximum atomic E-state index is 12.2. The van der Waals surface area contributed by atoms with Crippen LogP contribution >= 0.6 is 0 Å². The molecule has 0 unspecified atom stereocenters. The first-order chi connectivity index (χ1) is 13.9. The molecule has 1 aliphatic heterocycles. The largest absolute Gasteiger partial charge is 0.477 e. The summed E-state index contributed by atoms with van der Waals surface area (Å²) >= 11 is 0. The highest BCUT2D eigenvalue weighted by molar-refractivity contribution is 6.49. The zero-order valence-corrected chi connectivity index (χ0v) is 15.9. The summed E-state index contributed by atoms with van der Waals surface area (Å²) in [4.78, 5) is 36.8. The van der Waals surface area contributed by atoms with Crippen LogP contribution in [0.2, 0.25) is 0 Å². The molecule has 0 radical (unpaired) electrons. The van der Waals surface area contributed by atoms with Crippen molar-refractivity contribution in [2.45, 2.75) is 19.8 Å². The summed E-state index contributed by atoms with van der Waals surface area (Å²) in [5.41, 5.74) is 2.57. The minimum absolute atomic E-state index is 0.372. The van der Waals surface area contributed by atoms with Crippen LogP contribution in [0.25, 0.3) is 6.08 Å². The van der Waals surface area contributed by atoms with Crippen LogP contribution in [-0.2, 0) is 20.8 Å². The van der Waals surface area contributed by atoms with E-state index in [-0.39, 0.29) is 5.57 Å². The van der Waals surface area contributed by atoms with Crippen molar-refractivity contribution in [3.8, 4) is 0 Å². The predicted molar refractivity (Wildman–Crippen MR) is 110 cm³/mol. The number of aryl methyl sites for hydroxylation is 1. The van der Waals surface area contributed by atoms with Crippen LogP contribution < -0.4 is 10.2 Å². The fraction of sp³-hybridized carbons (Fsp3) is 0.182. The number of nitrogens with one attached hydrogen (secondary N) is 2. The Morgan fingerprint density at radius 2 is 1.86 bits per heavy atom. The van der Waals surface area contributed by atoms with Gasteiger partial charge in [-0.25, -0.2) is 4.79 Å². The molecule has 148 valence electrons. The number of carbonyl (C=O) groups excluding carboxylic acids is 2. The highest BCUT2D eigenvalue weighted by Gasteiger charge is 2.22. The molecule has 0 aromatic heterocycles. The molecule has 3 rings (SSSR count). The van der Waals surface area contributed by atoms with Gasteiger partial charge in [-0.3, -0.25) is 20.3 Å². The van der Waals surface area contributed by atoms with Crippen molar-refractivity contribution >= 4 is 40.9 Å². The Labute approximate surface area is 168 Å². The smallest absolute Gasteiger partial charge is 0.354 e. The Morgan fingerprint density at radius 1 is 1.14 bits per heavy atom. The van der Waals surface area contributed by atoms with Gasteiger partial charge in [0.2, 0.25) is 5.91 Å². The zero-order valence-electron chi connectivity index (χ0n) is 15.9. The number of para-hydroxylation sites is 1. The van der Waals surface area contributed by atoms with Gasteiger partial charge in [-0.1, -0.05) is 24.3 Å². The quantitative estimate of drug-likeness (QED) is 0.536. The average molecular weight is 391 g/mol. The lowest BCUT2D eigenvalue weighted by atomic mass is 9.97. The van der Waals surface area contributed by atoms with Gasteiger partial charge in [0.1, 0.15) is 0 Å². The van der Waals surface area contributed by atoms with Gasteiger partial charge in [-0.15, -0.1) is 0 Å². The summed E-state index contributed by atoms with van der Waals surface area (Å²) < 4.78 is 0. The third kappa shape index (κ3) is 4.57. The number of carboxylic acids is 1. The Hall–Kier alpha value is -3.74. The fourth-order valence-corrected chi connectivity index (χ4v) is 3.34. The molecule has 0 aliphatic carbocycles. The van der Waals surface area contributed by atoms with Gasteiger partial charge in [0.25, 0.3) is 5.91 Å². The number of rotatable bonds is 5. The van der Waals surface area contributed by atoms with Crippen molar-refractivity contribution in [2.75, 3.05) is 11.4 Å². The molecule has 1 heterocycles. The molecule has 3 N–H and O–H groups in total. The Morgan fingerprint density at radius 3 is 2.52 bits per heavy atom. The fourth-order valence-electron chi connectivity index (χ4n) is 3.34. The molecular weight excluding hydrogens is 370 g/mol. The molecule has 1 aliphatic rings. The molecule has 7 heteroatoms. The number of amides is 2. The number of carbonyl (C=O) groups is 3. The van der Waals surface area contributed by atoms with Crippen LogP contribution in [0, 0.1) is 5.41 Å². The minimum atomic E-state index is -1.54. The van der Waals surface area contributed by atoms with Gasteiger partial charge in [0.15, 0.2) is 5.71 Å². The van der Waals surface area contributed by atoms with E-state index in [4.69, 9.17) is 10.5 Å². The molecule has 0 saturated carbocycles. The molecule has 0 fully saturated rings. The van der Waals surface area contributed by atoms with E-state index in [0.29, 0.717) is 5.56 Å². The van der Waals surface area contributed by atoms with Gasteiger partial charge in [-0.05, 0) is 54.3 Å². The van der Waals surface area contributed by atoms with Gasteiger partial charge < -0.3 is 10.0 Å². The first kappa shape index (κ1) is 20.0. The summed E-state index contributed by atoms with van der Waals surface area (Å²) in [6.45, 7) is 2.04. The Bertz CT molecular complexity index is 1010. The molecule has 0 bridgehead atoms. The molecule has 0 spiro atoms. The Balaban J connectivity index is 1.98. The Kier molecular flexibility index (Phi) is 5.87. The summed E-state index contributed by atoms with van der Waals surface area (Å²) in [6, 6.07) is 15.6. The van der Waals surface area contributed by atoms with E-state index in [2.05, 4.69) is 4.90 Å². The first-order valence-corrected chi connectivity index (χ1v) is 9.18. The number of carboxylic acid groups (broad SMARTS) is 1. The van der Waals surface area contributed by atoms with Crippen molar-refractivity contribution in [1.29, 1.82) is 5.41 Å². The number of benzene rings is 2. The highest BCUT2D eigenvalue weighted by Crippen LogP contribution is 2.34. The number of imide groups is 1. The second-order valence-electron chi connectivity index (χ2n) is 6.73. The number of anilines is 2. The van der Waals surface area contributed by atoms with Crippen molar-refractivity contribution < 1.29 is 19.5 Å². The molecule has 0 saturated heterocycles. The standard InChI is InChI=1S/C22H21N3O4/c1-14(26)24-21(27)18(20(23)22(28)29)13-15-9-10-19-16(12-15)6-5-11-25(19)17-7-3-2-4-8-17/h2-4,7-10,12-13,23H,5-6,11H2,1H3,(H,28,29)(H,24,26,27)/b18-13-,23-20?. The summed E-state index contributed by atoms with van der Waals surface area (Å²) in [5, 5.41) is 18.9. The third-order valence-electron chi connectivity index (χ3n) is 4.62. The molecule has 2 aromatic rings. The van der Waals surface area contributed by atoms with Gasteiger partial charge in [-0.2, -0.15) is 0 Å². The van der Waals surface area contributed by atoms with E-state index in [1.165, 1.54) is 6.08 Å². The third-order valence-corrected chi connectivity index (χ3v) is 4.62. The van der Waals surface area contributed by atoms with E-state index in [9.17, 15) is 14.4 Å². The average Bonchev–Trinajstić information content (AvgIpc) is 2.70. The van der Waals surface area contributed by atoms with E-state index >= 15 is 0 Å². The molecular formula is C22H21N3O4. The maximum absolute atomic E-state index is 12.2. The van der Waals surface area contributed by atoms with Crippen molar-refractivity contribution in [2.24, 2.45) is 0 Å². The van der Waals surface area contributed by atoms with Crippen molar-refractivity contribution in [3.63, 3.8) is 0 Å². The maximum Gasteiger partial charge on any atom is 0.354 e. The van der Waals surface area contributed by atoms with E-state index in [0.717, 1.165) is 43.2 Å². The normalized spacial score (nSPS) is 13.4. The zero-order chi connectivity index (χ0) is 21.0. The van der Waals surface area contributed by atoms with E-state index in [1.807, 2.05) is 47.8 Å². The highest BCUT2D eigenvalue weighted by atomic mass is 16.4. The summed E-state index contributed by atoms with van der Waals surface area (Å²) in [5.74, 6) is -3.07. The minimum Gasteiger partial charge on any atom is -0.477 e. The van der Waals surface area contributed by atoms with Crippen LogP contribution in [0.15, 0.2) is 54.1 Å². The van der Waals surface area contributed by atoms with Crippen molar-refractivity contribution in [3.05, 3.63) is 65.2 Å². The number of hydrogen-bond donors (Lipinski definition) is 3. The van der Waals surface area contributed by atoms with Gasteiger partial charge in [0.05, 0.1) is 5.57 Å². The van der Waals surface area contributed by atoms with Crippen LogP contribution in [-0.4, -0.2) is 35.1 Å². The molecule has 7 nitrogen and oxygen atoms in total. The SMILES string of the molecule is CC(=O)NC(=O)/C(=C\c1ccc2c(c1)CCCN2c1ccccc1)C(=N)C(=O)O. The number of nitrogens with zero attached hydrogens (tertiary/aromatic N) is 1. The lowest BCUT2D eigenvalue weighted by Crippen LogP contribution is -2.33. The summed E-state index contributed by atoms with van der Waals surface area (Å²) in [6.07, 6.45) is 3.14. The molecule has 29 heavy (non-hydrogen) atoms. The van der Waals surface area contributed by atoms with E-state index < -0.39 is 23.5 Å². The van der Waals surface area contributed by atoms with Crippen LogP contribution in [0.3, 0.4) is 0 Å². The van der Waals surface area contributed by atoms with Gasteiger partial charge in [0, 0.05) is 24.8 Å². The van der Waals surface area contributed by atoms with Crippen molar-refractivity contribution in [1.82, 2.24) is 5.32 Å². The van der Waals surface area contributed by atoms with Crippen LogP contribution in [0.1, 0.15) is 24.5 Å². The van der Waals surface area contributed by atoms with E-state index in [1.54, 1.807) is 6.07 Å². The van der Waals surface area contributed by atoms with Crippen LogP contribution in [0.5, 0.6) is 0 Å². The topological polar surface area (TPSA) is 111 Å². The molecule has 0 atom stereocenters. The number of aliphatic carboxylic acids is 1. The lowest BCUT2D eigenvalue weighted by molar-refractivity contribution is -0.131. The monoisotopic (exact) mass is 391 g/mol. The summed E-state index contributed by atoms with van der Waals surface area (Å²) in [7, 11) is 0. The van der Waals surface area contributed by atoms with Gasteiger partial charge >= 0.3 is 5.97 Å². The molecule has 2 amide bonds. The number of fused-ring (bicyclic) bond motifs is 1. The second-order valence-corrected chi connectivity index (χ2v) is 6.73. The lowest BCUT2D eigenvalue weighted by Gasteiger charge is -2.31. The number of hydrogen-bond acceptors (Lipinski definition) is 5. The predicted octanol–water partition coefficient (Wildman–Crippen LogP) is 2.92. The first-order valence-electron chi connectivity index (χ1n) is 9.18.